The van der Waals surface area contributed by atoms with E-state index in [0.29, 0.717) is 0 Å². The maximum absolute atomic E-state index is 5.95. The van der Waals surface area contributed by atoms with Crippen LogP contribution in [0.5, 0.6) is 0 Å². The lowest BCUT2D eigenvalue weighted by Crippen LogP contribution is -1.99. The fourth-order valence-electron chi connectivity index (χ4n) is 0.972. The minimum atomic E-state index is 0.830. The lowest BCUT2D eigenvalue weighted by molar-refractivity contribution is 0.979. The first kappa shape index (κ1) is 9.40. The molecule has 1 N–H and O–H groups in total. The van der Waals surface area contributed by atoms with Crippen molar-refractivity contribution in [3.05, 3.63) is 28.8 Å². The highest BCUT2D eigenvalue weighted by Crippen LogP contribution is 2.19. The molecule has 1 aromatic rings. The first-order valence-electron chi connectivity index (χ1n) is 4.24. The van der Waals surface area contributed by atoms with E-state index in [9.17, 15) is 0 Å². The van der Waals surface area contributed by atoms with E-state index in [4.69, 9.17) is 11.6 Å². The first-order valence-corrected chi connectivity index (χ1v) is 4.62. The Kier molecular flexibility index (Phi) is 3.42. The zero-order valence-electron chi connectivity index (χ0n) is 7.52. The van der Waals surface area contributed by atoms with E-state index in [0.717, 1.165) is 29.2 Å². The van der Waals surface area contributed by atoms with E-state index < -0.39 is 0 Å². The maximum Gasteiger partial charge on any atom is 0.0455 e. The highest BCUT2D eigenvalue weighted by atomic mass is 35.5. The molecule has 1 nitrogen and oxygen atoms in total. The number of aryl methyl sites for hydroxylation is 1. The van der Waals surface area contributed by atoms with E-state index in [1.807, 2.05) is 19.1 Å². The number of anilines is 1. The zero-order chi connectivity index (χ0) is 8.97. The lowest BCUT2D eigenvalue weighted by Gasteiger charge is -2.05. The molecule has 0 fully saturated rings. The second-order valence-electron chi connectivity index (χ2n) is 2.89. The van der Waals surface area contributed by atoms with Gasteiger partial charge in [-0.15, -0.1) is 0 Å². The molecule has 0 aliphatic heterocycles. The van der Waals surface area contributed by atoms with Crippen molar-refractivity contribution >= 4 is 17.3 Å². The van der Waals surface area contributed by atoms with Crippen molar-refractivity contribution in [2.24, 2.45) is 0 Å². The summed E-state index contributed by atoms with van der Waals surface area (Å²) in [6.45, 7) is 5.15. The van der Waals surface area contributed by atoms with E-state index in [1.165, 1.54) is 0 Å². The van der Waals surface area contributed by atoms with E-state index in [-0.39, 0.29) is 0 Å². The first-order chi connectivity index (χ1) is 5.74. The van der Waals surface area contributed by atoms with Crippen LogP contribution in [0, 0.1) is 6.92 Å². The van der Waals surface area contributed by atoms with E-state index >= 15 is 0 Å². The third-order valence-corrected chi connectivity index (χ3v) is 2.16. The summed E-state index contributed by atoms with van der Waals surface area (Å²) in [7, 11) is 0. The Morgan fingerprint density at radius 2 is 2.17 bits per heavy atom. The predicted molar refractivity (Wildman–Crippen MR) is 55.0 cm³/mol. The lowest BCUT2D eigenvalue weighted by atomic mass is 10.2. The summed E-state index contributed by atoms with van der Waals surface area (Å²) in [4.78, 5) is 0. The molecular formula is C10H14ClN. The highest BCUT2D eigenvalue weighted by Gasteiger charge is 1.95. The van der Waals surface area contributed by atoms with Crippen LogP contribution in [0.3, 0.4) is 0 Å². The van der Waals surface area contributed by atoms with Gasteiger partial charge in [0.25, 0.3) is 0 Å². The van der Waals surface area contributed by atoms with Crippen LogP contribution < -0.4 is 5.32 Å². The van der Waals surface area contributed by atoms with Gasteiger partial charge < -0.3 is 5.32 Å². The van der Waals surface area contributed by atoms with Crippen molar-refractivity contribution in [2.75, 3.05) is 11.9 Å². The van der Waals surface area contributed by atoms with Gasteiger partial charge in [-0.3, -0.25) is 0 Å². The molecule has 0 saturated carbocycles. The highest BCUT2D eigenvalue weighted by molar-refractivity contribution is 6.31. The Morgan fingerprint density at radius 3 is 2.75 bits per heavy atom. The average molecular weight is 184 g/mol. The molecular weight excluding hydrogens is 170 g/mol. The van der Waals surface area contributed by atoms with Gasteiger partial charge in [0.05, 0.1) is 0 Å². The Labute approximate surface area is 78.7 Å². The quantitative estimate of drug-likeness (QED) is 0.757. The van der Waals surface area contributed by atoms with Crippen LogP contribution in [0.1, 0.15) is 18.9 Å². The van der Waals surface area contributed by atoms with E-state index in [2.05, 4.69) is 18.3 Å². The van der Waals surface area contributed by atoms with Crippen molar-refractivity contribution in [2.45, 2.75) is 20.3 Å². The van der Waals surface area contributed by atoms with Gasteiger partial charge in [-0.1, -0.05) is 24.6 Å². The van der Waals surface area contributed by atoms with Crippen LogP contribution in [0.2, 0.25) is 5.02 Å². The molecule has 12 heavy (non-hydrogen) atoms. The third-order valence-electron chi connectivity index (χ3n) is 1.75. The Balaban J connectivity index is 2.69. The maximum atomic E-state index is 5.95. The van der Waals surface area contributed by atoms with Crippen molar-refractivity contribution in [3.63, 3.8) is 0 Å². The number of halogens is 1. The number of hydrogen-bond donors (Lipinski definition) is 1. The summed E-state index contributed by atoms with van der Waals surface area (Å²) in [5, 5.41) is 4.11. The van der Waals surface area contributed by atoms with Crippen LogP contribution in [0.4, 0.5) is 5.69 Å². The largest absolute Gasteiger partial charge is 0.385 e. The molecule has 0 amide bonds. The van der Waals surface area contributed by atoms with Gasteiger partial charge in [-0.2, -0.15) is 0 Å². The van der Waals surface area contributed by atoms with Gasteiger partial charge in [0.15, 0.2) is 0 Å². The van der Waals surface area contributed by atoms with Crippen molar-refractivity contribution in [3.8, 4) is 0 Å². The summed E-state index contributed by atoms with van der Waals surface area (Å²) in [6.07, 6.45) is 1.13. The fraction of sp³-hybridized carbons (Fsp3) is 0.400. The molecule has 2 heteroatoms. The smallest absolute Gasteiger partial charge is 0.0455 e. The van der Waals surface area contributed by atoms with Crippen LogP contribution in [-0.2, 0) is 0 Å². The third kappa shape index (κ3) is 2.42. The molecule has 0 spiro atoms. The molecule has 0 aliphatic carbocycles. The molecule has 0 radical (unpaired) electrons. The van der Waals surface area contributed by atoms with Crippen LogP contribution in [-0.4, -0.2) is 6.54 Å². The van der Waals surface area contributed by atoms with Crippen LogP contribution in [0.15, 0.2) is 18.2 Å². The van der Waals surface area contributed by atoms with Crippen LogP contribution in [0.25, 0.3) is 0 Å². The van der Waals surface area contributed by atoms with Crippen molar-refractivity contribution in [1.29, 1.82) is 0 Å². The number of rotatable bonds is 3. The Hall–Kier alpha value is -0.690. The standard InChI is InChI=1S/C10H14ClN/c1-3-6-12-9-5-4-8(2)10(11)7-9/h4-5,7,12H,3,6H2,1-2H3. The molecule has 0 aliphatic rings. The summed E-state index contributed by atoms with van der Waals surface area (Å²) in [6, 6.07) is 6.05. The topological polar surface area (TPSA) is 12.0 Å². The summed E-state index contributed by atoms with van der Waals surface area (Å²) in [5.74, 6) is 0. The molecule has 66 valence electrons. The van der Waals surface area contributed by atoms with Gasteiger partial charge in [0.2, 0.25) is 0 Å². The molecule has 0 unspecified atom stereocenters. The second-order valence-corrected chi connectivity index (χ2v) is 3.30. The van der Waals surface area contributed by atoms with Gasteiger partial charge in [0.1, 0.15) is 0 Å². The van der Waals surface area contributed by atoms with E-state index in [1.54, 1.807) is 0 Å². The minimum Gasteiger partial charge on any atom is -0.385 e. The Bertz CT molecular complexity index is 258. The molecule has 0 heterocycles. The molecule has 1 rings (SSSR count). The second kappa shape index (κ2) is 4.36. The van der Waals surface area contributed by atoms with Gasteiger partial charge in [0, 0.05) is 17.3 Å². The van der Waals surface area contributed by atoms with Gasteiger partial charge in [-0.05, 0) is 31.0 Å². The molecule has 0 aromatic heterocycles. The number of hydrogen-bond acceptors (Lipinski definition) is 1. The van der Waals surface area contributed by atoms with Crippen LogP contribution >= 0.6 is 11.6 Å². The molecule has 0 saturated heterocycles. The number of benzene rings is 1. The van der Waals surface area contributed by atoms with Crippen molar-refractivity contribution < 1.29 is 0 Å². The number of nitrogens with one attached hydrogen (secondary N) is 1. The van der Waals surface area contributed by atoms with Gasteiger partial charge in [-0.25, -0.2) is 0 Å². The monoisotopic (exact) mass is 183 g/mol. The average Bonchev–Trinajstić information content (AvgIpc) is 2.07. The fourth-order valence-corrected chi connectivity index (χ4v) is 1.15. The molecule has 0 atom stereocenters. The summed E-state index contributed by atoms with van der Waals surface area (Å²) in [5.41, 5.74) is 2.23. The summed E-state index contributed by atoms with van der Waals surface area (Å²) >= 11 is 5.95. The minimum absolute atomic E-state index is 0.830. The zero-order valence-corrected chi connectivity index (χ0v) is 8.28. The SMILES string of the molecule is CCCNc1ccc(C)c(Cl)c1. The molecule has 1 aromatic carbocycles. The van der Waals surface area contributed by atoms with Gasteiger partial charge >= 0.3 is 0 Å². The van der Waals surface area contributed by atoms with Crippen molar-refractivity contribution in [1.82, 2.24) is 0 Å². The normalized spacial score (nSPS) is 9.92. The predicted octanol–water partition coefficient (Wildman–Crippen LogP) is 3.47. The summed E-state index contributed by atoms with van der Waals surface area (Å²) < 4.78 is 0. The molecule has 0 bridgehead atoms. The Morgan fingerprint density at radius 1 is 1.42 bits per heavy atom.